The molecule has 2 rings (SSSR count). The van der Waals surface area contributed by atoms with Crippen molar-refractivity contribution in [1.82, 2.24) is 9.88 Å². The van der Waals surface area contributed by atoms with E-state index < -0.39 is 12.8 Å². The zero-order valence-electron chi connectivity index (χ0n) is 11.3. The largest absolute Gasteiger partial charge is 0.468 e. The Morgan fingerprint density at radius 1 is 1.48 bits per heavy atom. The van der Waals surface area contributed by atoms with Gasteiger partial charge in [0.25, 0.3) is 5.91 Å². The Balaban J connectivity index is 1.94. The summed E-state index contributed by atoms with van der Waals surface area (Å²) in [6.45, 7) is 0.360. The Morgan fingerprint density at radius 3 is 2.76 bits per heavy atom. The van der Waals surface area contributed by atoms with Crippen molar-refractivity contribution in [2.75, 3.05) is 26.2 Å². The minimum Gasteiger partial charge on any atom is -0.468 e. The van der Waals surface area contributed by atoms with Crippen molar-refractivity contribution in [3.05, 3.63) is 23.9 Å². The minimum absolute atomic E-state index is 0.162. The highest BCUT2D eigenvalue weighted by Crippen LogP contribution is 2.19. The number of hydrogen-bond donors (Lipinski definition) is 1. The first-order valence-electron chi connectivity index (χ1n) is 6.54. The van der Waals surface area contributed by atoms with Crippen LogP contribution in [0.2, 0.25) is 0 Å². The van der Waals surface area contributed by atoms with Gasteiger partial charge in [0.15, 0.2) is 6.61 Å². The van der Waals surface area contributed by atoms with E-state index in [1.807, 2.05) is 0 Å². The SMILES string of the molecule is NCC1CCN(C(=O)c2ccc(OCC(F)(F)F)nc2)C1. The lowest BCUT2D eigenvalue weighted by atomic mass is 10.1. The Hall–Kier alpha value is -1.83. The Kier molecular flexibility index (Phi) is 4.66. The van der Waals surface area contributed by atoms with E-state index in [2.05, 4.69) is 9.72 Å². The molecular formula is C13H16F3N3O2. The number of likely N-dealkylation sites (tertiary alicyclic amines) is 1. The van der Waals surface area contributed by atoms with Crippen molar-refractivity contribution < 1.29 is 22.7 Å². The summed E-state index contributed by atoms with van der Waals surface area (Å²) >= 11 is 0. The van der Waals surface area contributed by atoms with Crippen molar-refractivity contribution >= 4 is 5.91 Å². The molecule has 8 heteroatoms. The number of nitrogens with two attached hydrogens (primary N) is 1. The molecule has 0 saturated carbocycles. The Bertz CT molecular complexity index is 490. The van der Waals surface area contributed by atoms with Gasteiger partial charge >= 0.3 is 6.18 Å². The van der Waals surface area contributed by atoms with E-state index in [9.17, 15) is 18.0 Å². The highest BCUT2D eigenvalue weighted by Gasteiger charge is 2.29. The number of carbonyl (C=O) groups excluding carboxylic acids is 1. The molecule has 0 aliphatic carbocycles. The third-order valence-corrected chi connectivity index (χ3v) is 3.27. The van der Waals surface area contributed by atoms with Gasteiger partial charge in [0.2, 0.25) is 5.88 Å². The second kappa shape index (κ2) is 6.30. The van der Waals surface area contributed by atoms with Gasteiger partial charge in [-0.15, -0.1) is 0 Å². The van der Waals surface area contributed by atoms with Crippen LogP contribution in [0.25, 0.3) is 0 Å². The number of nitrogens with zero attached hydrogens (tertiary/aromatic N) is 2. The number of hydrogen-bond acceptors (Lipinski definition) is 4. The molecular weight excluding hydrogens is 287 g/mol. The molecule has 0 spiro atoms. The molecule has 116 valence electrons. The molecule has 1 fully saturated rings. The molecule has 0 aromatic carbocycles. The molecule has 1 saturated heterocycles. The van der Waals surface area contributed by atoms with Crippen LogP contribution in [0.4, 0.5) is 13.2 Å². The van der Waals surface area contributed by atoms with Crippen LogP contribution in [-0.4, -0.2) is 48.2 Å². The molecule has 1 unspecified atom stereocenters. The monoisotopic (exact) mass is 303 g/mol. The fourth-order valence-corrected chi connectivity index (χ4v) is 2.14. The summed E-state index contributed by atoms with van der Waals surface area (Å²) in [5, 5.41) is 0. The highest BCUT2D eigenvalue weighted by molar-refractivity contribution is 5.94. The van der Waals surface area contributed by atoms with E-state index >= 15 is 0 Å². The smallest absolute Gasteiger partial charge is 0.422 e. The van der Waals surface area contributed by atoms with Crippen LogP contribution in [0.3, 0.4) is 0 Å². The lowest BCUT2D eigenvalue weighted by Gasteiger charge is -2.16. The first kappa shape index (κ1) is 15.6. The molecule has 2 N–H and O–H groups in total. The fourth-order valence-electron chi connectivity index (χ4n) is 2.14. The molecule has 0 bridgehead atoms. The molecule has 5 nitrogen and oxygen atoms in total. The molecule has 1 amide bonds. The maximum atomic E-state index is 12.2. The third-order valence-electron chi connectivity index (χ3n) is 3.27. The highest BCUT2D eigenvalue weighted by atomic mass is 19.4. The van der Waals surface area contributed by atoms with Crippen molar-refractivity contribution in [3.8, 4) is 5.88 Å². The predicted octanol–water partition coefficient (Wildman–Crippen LogP) is 1.44. The lowest BCUT2D eigenvalue weighted by molar-refractivity contribution is -0.154. The van der Waals surface area contributed by atoms with E-state index in [0.29, 0.717) is 31.1 Å². The molecule has 1 aromatic rings. The van der Waals surface area contributed by atoms with Gasteiger partial charge < -0.3 is 15.4 Å². The summed E-state index contributed by atoms with van der Waals surface area (Å²) in [6, 6.07) is 2.67. The Labute approximate surface area is 119 Å². The zero-order valence-corrected chi connectivity index (χ0v) is 11.3. The van der Waals surface area contributed by atoms with E-state index in [1.54, 1.807) is 4.90 Å². The summed E-state index contributed by atoms with van der Waals surface area (Å²) in [4.78, 5) is 17.6. The number of rotatable bonds is 4. The van der Waals surface area contributed by atoms with Gasteiger partial charge in [-0.1, -0.05) is 0 Å². The van der Waals surface area contributed by atoms with E-state index in [0.717, 1.165) is 6.42 Å². The van der Waals surface area contributed by atoms with Crippen molar-refractivity contribution in [2.45, 2.75) is 12.6 Å². The lowest BCUT2D eigenvalue weighted by Crippen LogP contribution is -2.30. The van der Waals surface area contributed by atoms with Crippen LogP contribution in [0, 0.1) is 5.92 Å². The molecule has 2 heterocycles. The number of halogens is 3. The van der Waals surface area contributed by atoms with E-state index in [1.165, 1.54) is 18.3 Å². The van der Waals surface area contributed by atoms with Gasteiger partial charge in [-0.2, -0.15) is 13.2 Å². The number of amides is 1. The third kappa shape index (κ3) is 4.32. The molecule has 1 atom stereocenters. The zero-order chi connectivity index (χ0) is 15.5. The quantitative estimate of drug-likeness (QED) is 0.914. The standard InChI is InChI=1S/C13H16F3N3O2/c14-13(15,16)8-21-11-2-1-10(6-18-11)12(20)19-4-3-9(5-17)7-19/h1-2,6,9H,3-5,7-8,17H2. The van der Waals surface area contributed by atoms with Gasteiger partial charge in [0.05, 0.1) is 5.56 Å². The average Bonchev–Trinajstić information content (AvgIpc) is 2.93. The average molecular weight is 303 g/mol. The van der Waals surface area contributed by atoms with Crippen LogP contribution in [0.15, 0.2) is 18.3 Å². The van der Waals surface area contributed by atoms with Gasteiger partial charge in [0.1, 0.15) is 0 Å². The Morgan fingerprint density at radius 2 is 2.24 bits per heavy atom. The fraction of sp³-hybridized carbons (Fsp3) is 0.538. The summed E-state index contributed by atoms with van der Waals surface area (Å²) in [7, 11) is 0. The van der Waals surface area contributed by atoms with Gasteiger partial charge in [-0.25, -0.2) is 4.98 Å². The van der Waals surface area contributed by atoms with Crippen molar-refractivity contribution in [2.24, 2.45) is 11.7 Å². The van der Waals surface area contributed by atoms with Gasteiger partial charge in [-0.05, 0) is 24.9 Å². The first-order chi connectivity index (χ1) is 9.89. The maximum Gasteiger partial charge on any atom is 0.422 e. The summed E-state index contributed by atoms with van der Waals surface area (Å²) in [5.41, 5.74) is 5.89. The summed E-state index contributed by atoms with van der Waals surface area (Å²) in [5.74, 6) is -0.0535. The second-order valence-electron chi connectivity index (χ2n) is 4.93. The molecule has 0 radical (unpaired) electrons. The number of carbonyl (C=O) groups is 1. The molecule has 1 aliphatic rings. The maximum absolute atomic E-state index is 12.2. The second-order valence-corrected chi connectivity index (χ2v) is 4.93. The van der Waals surface area contributed by atoms with E-state index in [-0.39, 0.29) is 11.8 Å². The van der Waals surface area contributed by atoms with Crippen LogP contribution in [0.1, 0.15) is 16.8 Å². The van der Waals surface area contributed by atoms with Crippen molar-refractivity contribution in [3.63, 3.8) is 0 Å². The van der Waals surface area contributed by atoms with Crippen LogP contribution < -0.4 is 10.5 Å². The first-order valence-corrected chi connectivity index (χ1v) is 6.54. The van der Waals surface area contributed by atoms with Crippen LogP contribution in [0.5, 0.6) is 5.88 Å². The molecule has 1 aromatic heterocycles. The van der Waals surface area contributed by atoms with E-state index in [4.69, 9.17) is 5.73 Å². The summed E-state index contributed by atoms with van der Waals surface area (Å²) < 4.78 is 40.5. The van der Waals surface area contributed by atoms with Crippen LogP contribution in [-0.2, 0) is 0 Å². The number of pyridine rings is 1. The predicted molar refractivity (Wildman–Crippen MR) is 68.9 cm³/mol. The summed E-state index contributed by atoms with van der Waals surface area (Å²) in [6.07, 6.45) is -2.32. The van der Waals surface area contributed by atoms with Gasteiger partial charge in [-0.3, -0.25) is 4.79 Å². The van der Waals surface area contributed by atoms with Gasteiger partial charge in [0, 0.05) is 25.4 Å². The van der Waals surface area contributed by atoms with Crippen LogP contribution >= 0.6 is 0 Å². The number of ether oxygens (including phenoxy) is 1. The minimum atomic E-state index is -4.41. The molecule has 21 heavy (non-hydrogen) atoms. The topological polar surface area (TPSA) is 68.5 Å². The normalized spacial score (nSPS) is 18.9. The number of aromatic nitrogens is 1. The molecule has 1 aliphatic heterocycles. The van der Waals surface area contributed by atoms with Crippen molar-refractivity contribution in [1.29, 1.82) is 0 Å². The number of alkyl halides is 3.